The van der Waals surface area contributed by atoms with Gasteiger partial charge in [0.05, 0.1) is 5.69 Å². The Labute approximate surface area is 178 Å². The van der Waals surface area contributed by atoms with Crippen LogP contribution in [0.15, 0.2) is 48.8 Å². The summed E-state index contributed by atoms with van der Waals surface area (Å²) in [4.78, 5) is 11.5. The van der Waals surface area contributed by atoms with E-state index in [4.69, 9.17) is 16.2 Å². The van der Waals surface area contributed by atoms with Crippen molar-refractivity contribution in [1.29, 1.82) is 0 Å². The van der Waals surface area contributed by atoms with Gasteiger partial charge in [0.15, 0.2) is 11.6 Å². The Balaban J connectivity index is 1.57. The van der Waals surface area contributed by atoms with Gasteiger partial charge in [0, 0.05) is 40.6 Å². The van der Waals surface area contributed by atoms with Gasteiger partial charge in [0.25, 0.3) is 0 Å². The highest BCUT2D eigenvalue weighted by Crippen LogP contribution is 2.27. The van der Waals surface area contributed by atoms with Crippen molar-refractivity contribution in [2.45, 2.75) is 18.9 Å². The molecule has 1 atom stereocenters. The summed E-state index contributed by atoms with van der Waals surface area (Å²) in [7, 11) is 0. The van der Waals surface area contributed by atoms with Crippen LogP contribution in [-0.4, -0.2) is 21.5 Å². The maximum atomic E-state index is 14.8. The molecule has 3 aromatic rings. The summed E-state index contributed by atoms with van der Waals surface area (Å²) in [6.45, 7) is 4.83. The average Bonchev–Trinajstić information content (AvgIpc) is 3.41. The lowest BCUT2D eigenvalue weighted by molar-refractivity contribution is 0.466. The van der Waals surface area contributed by atoms with E-state index >= 15 is 0 Å². The molecular weight excluding hydrogens is 397 g/mol. The van der Waals surface area contributed by atoms with Gasteiger partial charge in [0.1, 0.15) is 11.6 Å². The Bertz CT molecular complexity index is 1210. The number of aromatic amines is 1. The van der Waals surface area contributed by atoms with Crippen LogP contribution in [0.1, 0.15) is 24.6 Å². The molecule has 0 bridgehead atoms. The number of anilines is 3. The van der Waals surface area contributed by atoms with Gasteiger partial charge in [-0.05, 0) is 49.9 Å². The summed E-state index contributed by atoms with van der Waals surface area (Å²) < 4.78 is 20.5. The summed E-state index contributed by atoms with van der Waals surface area (Å²) in [5.74, 6) is 0.547. The van der Waals surface area contributed by atoms with E-state index in [0.29, 0.717) is 27.8 Å². The van der Waals surface area contributed by atoms with Crippen LogP contribution in [0.4, 0.5) is 21.8 Å². The number of H-pyrrole nitrogens is 1. The largest absolute Gasteiger partial charge is 0.454 e. The number of nitrogens with zero attached hydrogens (tertiary/aromatic N) is 2. The van der Waals surface area contributed by atoms with E-state index in [2.05, 4.69) is 32.2 Å². The summed E-state index contributed by atoms with van der Waals surface area (Å²) in [5, 5.41) is 7.79. The van der Waals surface area contributed by atoms with Crippen molar-refractivity contribution in [2.75, 3.05) is 17.6 Å². The molecule has 1 fully saturated rings. The highest BCUT2D eigenvalue weighted by molar-refractivity contribution is 5.60. The van der Waals surface area contributed by atoms with Gasteiger partial charge in [-0.15, -0.1) is 0 Å². The predicted molar refractivity (Wildman–Crippen MR) is 119 cm³/mol. The van der Waals surface area contributed by atoms with E-state index in [1.165, 1.54) is 18.3 Å². The molecule has 2 aromatic heterocycles. The Morgan fingerprint density at radius 3 is 2.84 bits per heavy atom. The smallest absolute Gasteiger partial charge is 0.222 e. The average molecular weight is 421 g/mol. The molecule has 31 heavy (non-hydrogen) atoms. The summed E-state index contributed by atoms with van der Waals surface area (Å²) in [5.41, 5.74) is 12.7. The van der Waals surface area contributed by atoms with Crippen molar-refractivity contribution < 1.29 is 9.13 Å². The molecule has 8 nitrogen and oxygen atoms in total. The number of rotatable bonds is 6. The molecule has 160 valence electrons. The SMILES string of the molecule is C=c1[nH]cc/c1=C(/C=C\N)Oc1ccc(Nc2cc(C3CCCN3)nc(N)n2)cc1F. The van der Waals surface area contributed by atoms with Crippen LogP contribution >= 0.6 is 0 Å². The van der Waals surface area contributed by atoms with Crippen LogP contribution in [0.25, 0.3) is 12.3 Å². The fraction of sp³-hybridized carbons (Fsp3) is 0.182. The first-order valence-corrected chi connectivity index (χ1v) is 9.90. The zero-order chi connectivity index (χ0) is 21.8. The predicted octanol–water partition coefficient (Wildman–Crippen LogP) is 1.76. The molecule has 7 N–H and O–H groups in total. The molecule has 0 radical (unpaired) electrons. The molecule has 0 spiro atoms. The van der Waals surface area contributed by atoms with Gasteiger partial charge in [-0.25, -0.2) is 9.37 Å². The Hall–Kier alpha value is -3.85. The number of aromatic nitrogens is 3. The number of hydrogen-bond acceptors (Lipinski definition) is 7. The molecule has 1 aromatic carbocycles. The molecule has 1 aliphatic heterocycles. The zero-order valence-corrected chi connectivity index (χ0v) is 16.9. The van der Waals surface area contributed by atoms with Gasteiger partial charge >= 0.3 is 0 Å². The molecule has 1 aliphatic rings. The Morgan fingerprint density at radius 1 is 1.29 bits per heavy atom. The second-order valence-corrected chi connectivity index (χ2v) is 7.15. The minimum atomic E-state index is -0.547. The Kier molecular flexibility index (Phi) is 5.85. The molecule has 0 aliphatic carbocycles. The van der Waals surface area contributed by atoms with Gasteiger partial charge in [-0.1, -0.05) is 6.58 Å². The number of benzene rings is 1. The van der Waals surface area contributed by atoms with Crippen molar-refractivity contribution in [3.8, 4) is 5.75 Å². The molecule has 1 unspecified atom stereocenters. The molecular formula is C22H24FN7O. The summed E-state index contributed by atoms with van der Waals surface area (Å²) in [6, 6.07) is 8.29. The highest BCUT2D eigenvalue weighted by atomic mass is 19.1. The summed E-state index contributed by atoms with van der Waals surface area (Å²) >= 11 is 0. The van der Waals surface area contributed by atoms with Crippen LogP contribution in [0.3, 0.4) is 0 Å². The lowest BCUT2D eigenvalue weighted by Crippen LogP contribution is -2.24. The third-order valence-electron chi connectivity index (χ3n) is 4.95. The molecule has 0 amide bonds. The molecule has 4 rings (SSSR count). The van der Waals surface area contributed by atoms with Crippen LogP contribution in [0.5, 0.6) is 5.75 Å². The van der Waals surface area contributed by atoms with Crippen LogP contribution in [0, 0.1) is 5.82 Å². The van der Waals surface area contributed by atoms with E-state index in [1.54, 1.807) is 24.4 Å². The first-order valence-electron chi connectivity index (χ1n) is 9.90. The van der Waals surface area contributed by atoms with Crippen molar-refractivity contribution >= 4 is 29.8 Å². The van der Waals surface area contributed by atoms with Crippen molar-refractivity contribution in [3.63, 3.8) is 0 Å². The van der Waals surface area contributed by atoms with Crippen molar-refractivity contribution in [3.05, 3.63) is 70.9 Å². The molecule has 9 heteroatoms. The highest BCUT2D eigenvalue weighted by Gasteiger charge is 2.19. The fourth-order valence-corrected chi connectivity index (χ4v) is 3.49. The number of hydrogen-bond donors (Lipinski definition) is 5. The summed E-state index contributed by atoms with van der Waals surface area (Å²) in [6.07, 6.45) is 6.67. The van der Waals surface area contributed by atoms with E-state index < -0.39 is 5.82 Å². The van der Waals surface area contributed by atoms with E-state index in [0.717, 1.165) is 25.1 Å². The first-order chi connectivity index (χ1) is 15.0. The van der Waals surface area contributed by atoms with E-state index in [9.17, 15) is 4.39 Å². The van der Waals surface area contributed by atoms with Crippen molar-refractivity contribution in [1.82, 2.24) is 20.3 Å². The lowest BCUT2D eigenvalue weighted by Gasteiger charge is -2.13. The maximum Gasteiger partial charge on any atom is 0.222 e. The van der Waals surface area contributed by atoms with Crippen LogP contribution < -0.4 is 37.4 Å². The Morgan fingerprint density at radius 2 is 2.16 bits per heavy atom. The molecule has 0 saturated carbocycles. The number of ether oxygens (including phenoxy) is 1. The second-order valence-electron chi connectivity index (χ2n) is 7.15. The second kappa shape index (κ2) is 8.88. The van der Waals surface area contributed by atoms with Crippen LogP contribution in [0.2, 0.25) is 0 Å². The maximum absolute atomic E-state index is 14.8. The topological polar surface area (TPSA) is 127 Å². The molecule has 3 heterocycles. The third-order valence-corrected chi connectivity index (χ3v) is 4.95. The number of nitrogens with two attached hydrogens (primary N) is 2. The first kappa shape index (κ1) is 20.4. The number of nitrogens with one attached hydrogen (secondary N) is 3. The van der Waals surface area contributed by atoms with Gasteiger partial charge in [-0.2, -0.15) is 4.98 Å². The monoisotopic (exact) mass is 421 g/mol. The molecule has 1 saturated heterocycles. The number of nitrogen functional groups attached to an aromatic ring is 1. The quantitative estimate of drug-likeness (QED) is 0.410. The lowest BCUT2D eigenvalue weighted by atomic mass is 10.1. The van der Waals surface area contributed by atoms with Gasteiger partial charge in [0.2, 0.25) is 5.95 Å². The normalized spacial score (nSPS) is 17.1. The third kappa shape index (κ3) is 4.67. The van der Waals surface area contributed by atoms with Crippen LogP contribution in [-0.2, 0) is 0 Å². The minimum Gasteiger partial charge on any atom is -0.454 e. The van der Waals surface area contributed by atoms with E-state index in [1.807, 2.05) is 6.07 Å². The standard InChI is InChI=1S/C22H24FN7O/c1-13-15(7-10-26-13)19(6-8-24)31-20-5-4-14(11-16(20)23)28-21-12-18(29-22(25)30-21)17-3-2-9-27-17/h4-8,10-12,17,26-27H,1-3,9,24H2,(H3,25,28,29,30)/b8-6-,19-15+. The van der Waals surface area contributed by atoms with Crippen molar-refractivity contribution in [2.24, 2.45) is 5.73 Å². The van der Waals surface area contributed by atoms with E-state index in [-0.39, 0.29) is 17.7 Å². The minimum absolute atomic E-state index is 0.0531. The fourth-order valence-electron chi connectivity index (χ4n) is 3.49. The number of halogens is 1. The van der Waals surface area contributed by atoms with Gasteiger partial charge in [-0.3, -0.25) is 0 Å². The van der Waals surface area contributed by atoms with Gasteiger partial charge < -0.3 is 31.8 Å². The zero-order valence-electron chi connectivity index (χ0n) is 16.9.